The zero-order valence-corrected chi connectivity index (χ0v) is 18.0. The zero-order chi connectivity index (χ0) is 20.6. The van der Waals surface area contributed by atoms with Crippen LogP contribution in [0.1, 0.15) is 21.7 Å². The van der Waals surface area contributed by atoms with Gasteiger partial charge in [-0.1, -0.05) is 37.9 Å². The van der Waals surface area contributed by atoms with Gasteiger partial charge in [0.1, 0.15) is 11.5 Å². The summed E-state index contributed by atoms with van der Waals surface area (Å²) >= 11 is 6.68. The molecular weight excluding hydrogens is 504 g/mol. The summed E-state index contributed by atoms with van der Waals surface area (Å²) in [6.07, 6.45) is 5.68. The van der Waals surface area contributed by atoms with Gasteiger partial charge in [-0.25, -0.2) is 10.2 Å². The molecule has 0 aliphatic rings. The van der Waals surface area contributed by atoms with E-state index in [0.717, 1.165) is 8.95 Å². The molecule has 0 spiro atoms. The lowest BCUT2D eigenvalue weighted by atomic mass is 10.2. The van der Waals surface area contributed by atoms with Crippen molar-refractivity contribution in [2.75, 3.05) is 0 Å². The van der Waals surface area contributed by atoms with E-state index in [1.165, 1.54) is 24.6 Å². The maximum atomic E-state index is 12.2. The van der Waals surface area contributed by atoms with Crippen molar-refractivity contribution in [3.8, 4) is 5.75 Å². The van der Waals surface area contributed by atoms with E-state index in [-0.39, 0.29) is 5.91 Å². The fourth-order valence-electron chi connectivity index (χ4n) is 2.25. The number of carbonyl (C=O) groups is 2. The molecule has 1 N–H and O–H groups in total. The maximum Gasteiger partial charge on any atom is 0.336 e. The molecule has 0 saturated heterocycles. The minimum absolute atomic E-state index is 0.294. The molecule has 1 aromatic heterocycles. The van der Waals surface area contributed by atoms with E-state index in [1.807, 2.05) is 6.07 Å². The Morgan fingerprint density at radius 3 is 2.62 bits per heavy atom. The molecule has 0 atom stereocenters. The number of hydrogen-bond acceptors (Lipinski definition) is 5. The molecule has 0 bridgehead atoms. The Morgan fingerprint density at radius 2 is 1.86 bits per heavy atom. The molecule has 6 nitrogen and oxygen atoms in total. The van der Waals surface area contributed by atoms with E-state index < -0.39 is 5.97 Å². The summed E-state index contributed by atoms with van der Waals surface area (Å²) < 4.78 is 12.0. The molecule has 146 valence electrons. The third kappa shape index (κ3) is 6.27. The van der Waals surface area contributed by atoms with Crippen LogP contribution in [0.3, 0.4) is 0 Å². The van der Waals surface area contributed by atoms with Crippen LogP contribution in [0.25, 0.3) is 6.08 Å². The van der Waals surface area contributed by atoms with Crippen molar-refractivity contribution in [1.29, 1.82) is 0 Å². The van der Waals surface area contributed by atoms with Gasteiger partial charge in [-0.2, -0.15) is 5.10 Å². The number of amides is 1. The van der Waals surface area contributed by atoms with Crippen LogP contribution < -0.4 is 10.2 Å². The average molecular weight is 518 g/mol. The van der Waals surface area contributed by atoms with Gasteiger partial charge >= 0.3 is 5.97 Å². The maximum absolute atomic E-state index is 12.2. The lowest BCUT2D eigenvalue weighted by molar-refractivity contribution is -0.128. The lowest BCUT2D eigenvalue weighted by Crippen LogP contribution is -2.17. The number of esters is 1. The molecule has 0 aliphatic heterocycles. The van der Waals surface area contributed by atoms with Gasteiger partial charge in [-0.05, 0) is 54.6 Å². The number of carbonyl (C=O) groups excluding carboxylic acids is 2. The highest BCUT2D eigenvalue weighted by atomic mass is 79.9. The molecule has 2 aromatic carbocycles. The monoisotopic (exact) mass is 516 g/mol. The SMILES string of the molecule is O=C(/C=C/c1ccco1)Oc1ccc(Br)cc1/C=N\NC(=O)c1cccc(Br)c1. The summed E-state index contributed by atoms with van der Waals surface area (Å²) in [7, 11) is 0. The molecular formula is C21H14Br2N2O4. The van der Waals surface area contributed by atoms with Crippen molar-refractivity contribution in [1.82, 2.24) is 5.43 Å². The zero-order valence-electron chi connectivity index (χ0n) is 14.8. The van der Waals surface area contributed by atoms with Gasteiger partial charge in [0.2, 0.25) is 0 Å². The lowest BCUT2D eigenvalue weighted by Gasteiger charge is -2.06. The molecule has 8 heteroatoms. The Balaban J connectivity index is 1.68. The van der Waals surface area contributed by atoms with Crippen LogP contribution in [0.5, 0.6) is 5.75 Å². The van der Waals surface area contributed by atoms with E-state index in [9.17, 15) is 9.59 Å². The number of hydrogen-bond donors (Lipinski definition) is 1. The highest BCUT2D eigenvalue weighted by molar-refractivity contribution is 9.10. The van der Waals surface area contributed by atoms with Crippen molar-refractivity contribution in [2.24, 2.45) is 5.10 Å². The van der Waals surface area contributed by atoms with Crippen LogP contribution in [0.15, 0.2) is 85.4 Å². The number of furan rings is 1. The standard InChI is InChI=1S/C21H14Br2N2O4/c22-16-4-1-3-14(11-16)21(27)25-24-13-15-12-17(23)6-8-19(15)29-20(26)9-7-18-5-2-10-28-18/h1-13H,(H,25,27)/b9-7+,24-13-. The van der Waals surface area contributed by atoms with Crippen molar-refractivity contribution in [2.45, 2.75) is 0 Å². The molecule has 0 saturated carbocycles. The van der Waals surface area contributed by atoms with E-state index in [0.29, 0.717) is 22.6 Å². The first-order valence-corrected chi connectivity index (χ1v) is 9.92. The molecule has 29 heavy (non-hydrogen) atoms. The van der Waals surface area contributed by atoms with Crippen LogP contribution in [-0.4, -0.2) is 18.1 Å². The summed E-state index contributed by atoms with van der Waals surface area (Å²) in [5.74, 6) is -0.105. The fourth-order valence-corrected chi connectivity index (χ4v) is 3.02. The van der Waals surface area contributed by atoms with Crippen molar-refractivity contribution < 1.29 is 18.7 Å². The molecule has 0 unspecified atom stereocenters. The minimum Gasteiger partial charge on any atom is -0.465 e. The number of rotatable bonds is 6. The number of benzene rings is 2. The molecule has 1 heterocycles. The third-order valence-electron chi connectivity index (χ3n) is 3.57. The van der Waals surface area contributed by atoms with Gasteiger partial charge in [0.15, 0.2) is 0 Å². The predicted octanol–water partition coefficient (Wildman–Crippen LogP) is 5.19. The molecule has 0 aliphatic carbocycles. The first-order chi connectivity index (χ1) is 14.0. The predicted molar refractivity (Wildman–Crippen MR) is 117 cm³/mol. The smallest absolute Gasteiger partial charge is 0.336 e. The van der Waals surface area contributed by atoms with Crippen LogP contribution >= 0.6 is 31.9 Å². The first kappa shape index (κ1) is 20.8. The van der Waals surface area contributed by atoms with Gasteiger partial charge in [-0.3, -0.25) is 4.79 Å². The summed E-state index contributed by atoms with van der Waals surface area (Å²) in [6.45, 7) is 0. The minimum atomic E-state index is -0.573. The number of ether oxygens (including phenoxy) is 1. The van der Waals surface area contributed by atoms with Gasteiger partial charge < -0.3 is 9.15 Å². The summed E-state index contributed by atoms with van der Waals surface area (Å²) in [5, 5.41) is 3.96. The second-order valence-electron chi connectivity index (χ2n) is 5.66. The molecule has 3 aromatic rings. The molecule has 1 amide bonds. The van der Waals surface area contributed by atoms with E-state index in [2.05, 4.69) is 42.4 Å². The second-order valence-corrected chi connectivity index (χ2v) is 7.49. The summed E-state index contributed by atoms with van der Waals surface area (Å²) in [5.41, 5.74) is 3.41. The molecule has 3 rings (SSSR count). The van der Waals surface area contributed by atoms with Crippen LogP contribution in [0, 0.1) is 0 Å². The van der Waals surface area contributed by atoms with Gasteiger partial charge in [0, 0.05) is 26.1 Å². The number of nitrogens with zero attached hydrogens (tertiary/aromatic N) is 1. The number of nitrogens with one attached hydrogen (secondary N) is 1. The average Bonchev–Trinajstić information content (AvgIpc) is 3.22. The van der Waals surface area contributed by atoms with Crippen LogP contribution in [0.2, 0.25) is 0 Å². The van der Waals surface area contributed by atoms with Crippen LogP contribution in [-0.2, 0) is 4.79 Å². The Labute approximate surface area is 183 Å². The van der Waals surface area contributed by atoms with Crippen molar-refractivity contribution >= 4 is 56.0 Å². The topological polar surface area (TPSA) is 80.9 Å². The first-order valence-electron chi connectivity index (χ1n) is 8.33. The van der Waals surface area contributed by atoms with Gasteiger partial charge in [-0.15, -0.1) is 0 Å². The van der Waals surface area contributed by atoms with Crippen molar-refractivity contribution in [3.05, 3.63) is 92.8 Å². The summed E-state index contributed by atoms with van der Waals surface area (Å²) in [6, 6.07) is 15.4. The molecule has 0 fully saturated rings. The fraction of sp³-hybridized carbons (Fsp3) is 0. The Bertz CT molecular complexity index is 1080. The quantitative estimate of drug-likeness (QED) is 0.160. The number of hydrazone groups is 1. The van der Waals surface area contributed by atoms with E-state index in [4.69, 9.17) is 9.15 Å². The van der Waals surface area contributed by atoms with Gasteiger partial charge in [0.05, 0.1) is 12.5 Å². The highest BCUT2D eigenvalue weighted by Crippen LogP contribution is 2.22. The Hall–Kier alpha value is -2.97. The van der Waals surface area contributed by atoms with Crippen LogP contribution in [0.4, 0.5) is 0 Å². The Morgan fingerprint density at radius 1 is 1.03 bits per heavy atom. The highest BCUT2D eigenvalue weighted by Gasteiger charge is 2.08. The summed E-state index contributed by atoms with van der Waals surface area (Å²) in [4.78, 5) is 24.2. The molecule has 0 radical (unpaired) electrons. The van der Waals surface area contributed by atoms with E-state index in [1.54, 1.807) is 48.5 Å². The Kier molecular flexibility index (Phi) is 7.15. The largest absolute Gasteiger partial charge is 0.465 e. The normalized spacial score (nSPS) is 11.1. The van der Waals surface area contributed by atoms with Crippen molar-refractivity contribution in [3.63, 3.8) is 0 Å². The van der Waals surface area contributed by atoms with Gasteiger partial charge in [0.25, 0.3) is 5.91 Å². The van der Waals surface area contributed by atoms with E-state index >= 15 is 0 Å². The second kappa shape index (κ2) is 9.99. The number of halogens is 2. The third-order valence-corrected chi connectivity index (χ3v) is 4.55.